The number of hydroxylamine groups is 2. The predicted molar refractivity (Wildman–Crippen MR) is 93.5 cm³/mol. The minimum absolute atomic E-state index is 0.0768. The molecule has 2 rings (SSSR count). The lowest BCUT2D eigenvalue weighted by atomic mass is 10.00. The first-order chi connectivity index (χ1) is 12.8. The molecule has 2 fully saturated rings. The summed E-state index contributed by atoms with van der Waals surface area (Å²) in [4.78, 5) is 36.9. The number of amidine groups is 1. The van der Waals surface area contributed by atoms with Gasteiger partial charge in [-0.25, -0.2) is 9.59 Å². The molecular formula is C14H23N5O8S. The minimum Gasteiger partial charge on any atom is -0.444 e. The summed E-state index contributed by atoms with van der Waals surface area (Å²) in [7, 11) is -4.86. The molecule has 0 aliphatic carbocycles. The smallest absolute Gasteiger partial charge is 0.418 e. The molecule has 2 aliphatic rings. The molecule has 28 heavy (non-hydrogen) atoms. The van der Waals surface area contributed by atoms with Crippen LogP contribution in [0.25, 0.3) is 0 Å². The lowest BCUT2D eigenvalue weighted by molar-refractivity contribution is -0.119. The van der Waals surface area contributed by atoms with Gasteiger partial charge in [0.2, 0.25) is 5.91 Å². The van der Waals surface area contributed by atoms with Crippen molar-refractivity contribution in [1.29, 1.82) is 5.41 Å². The van der Waals surface area contributed by atoms with E-state index in [1.165, 1.54) is 4.90 Å². The number of ether oxygens (including phenoxy) is 1. The van der Waals surface area contributed by atoms with Crippen LogP contribution < -0.4 is 10.6 Å². The SMILES string of the molecule is CC(C)(C)OC(=O)NCC(=O)NC(=N)C1CCC2CN1C(=O)N2OS(=O)(=O)O. The number of rotatable bonds is 5. The van der Waals surface area contributed by atoms with E-state index in [1.54, 1.807) is 20.8 Å². The van der Waals surface area contributed by atoms with E-state index in [0.717, 1.165) is 0 Å². The van der Waals surface area contributed by atoms with Gasteiger partial charge in [-0.3, -0.25) is 14.8 Å². The second kappa shape index (κ2) is 7.89. The van der Waals surface area contributed by atoms with Crippen LogP contribution in [0, 0.1) is 5.41 Å². The number of piperidine rings is 1. The van der Waals surface area contributed by atoms with Gasteiger partial charge in [-0.15, -0.1) is 4.28 Å². The Kier molecular flexibility index (Phi) is 6.15. The zero-order valence-electron chi connectivity index (χ0n) is 15.6. The summed E-state index contributed by atoms with van der Waals surface area (Å²) in [6.07, 6.45) is -0.209. The maximum absolute atomic E-state index is 12.3. The number of nitrogens with zero attached hydrogens (tertiary/aromatic N) is 2. The number of carbonyl (C=O) groups excluding carboxylic acids is 3. The Bertz CT molecular complexity index is 777. The monoisotopic (exact) mass is 421 g/mol. The highest BCUT2D eigenvalue weighted by Crippen LogP contribution is 2.30. The molecule has 13 nitrogen and oxygen atoms in total. The van der Waals surface area contributed by atoms with E-state index in [-0.39, 0.29) is 18.8 Å². The highest BCUT2D eigenvalue weighted by molar-refractivity contribution is 7.80. The third kappa shape index (κ3) is 5.77. The van der Waals surface area contributed by atoms with Gasteiger partial charge >= 0.3 is 22.5 Å². The van der Waals surface area contributed by atoms with E-state index < -0.39 is 52.7 Å². The molecule has 0 aromatic carbocycles. The number of amides is 4. The fraction of sp³-hybridized carbons (Fsp3) is 0.714. The molecule has 2 bridgehead atoms. The van der Waals surface area contributed by atoms with E-state index in [2.05, 4.69) is 14.9 Å². The third-order valence-corrected chi connectivity index (χ3v) is 4.25. The number of fused-ring (bicyclic) bond motifs is 2. The van der Waals surface area contributed by atoms with Crippen molar-refractivity contribution in [1.82, 2.24) is 20.6 Å². The van der Waals surface area contributed by atoms with Crippen LogP contribution in [0.15, 0.2) is 0 Å². The molecular weight excluding hydrogens is 398 g/mol. The number of alkyl carbamates (subject to hydrolysis) is 1. The molecule has 14 heteroatoms. The summed E-state index contributed by atoms with van der Waals surface area (Å²) in [6, 6.07) is -2.23. The largest absolute Gasteiger partial charge is 0.444 e. The van der Waals surface area contributed by atoms with Crippen LogP contribution in [0.2, 0.25) is 0 Å². The standard InChI is InChI=1S/C14H23N5O8S/c1-14(2,3)26-12(21)16-6-10(20)17-11(15)9-5-4-8-7-18(9)13(22)19(8)27-28(23,24)25/h8-9H,4-7H2,1-3H3,(H,16,21)(H2,15,17,20)(H,23,24,25). The van der Waals surface area contributed by atoms with E-state index in [1.807, 2.05) is 0 Å². The lowest BCUT2D eigenvalue weighted by Crippen LogP contribution is -2.52. The average molecular weight is 421 g/mol. The Hall–Kier alpha value is -2.45. The van der Waals surface area contributed by atoms with E-state index >= 15 is 0 Å². The molecule has 0 aromatic rings. The molecule has 2 unspecified atom stereocenters. The molecule has 0 radical (unpaired) electrons. The third-order valence-electron chi connectivity index (χ3n) is 3.90. The van der Waals surface area contributed by atoms with Crippen molar-refractivity contribution in [2.75, 3.05) is 13.1 Å². The van der Waals surface area contributed by atoms with Crippen LogP contribution in [0.4, 0.5) is 9.59 Å². The van der Waals surface area contributed by atoms with Crippen molar-refractivity contribution in [2.24, 2.45) is 0 Å². The summed E-state index contributed by atoms with van der Waals surface area (Å²) >= 11 is 0. The highest BCUT2D eigenvalue weighted by atomic mass is 32.3. The van der Waals surface area contributed by atoms with Crippen LogP contribution >= 0.6 is 0 Å². The molecule has 4 amide bonds. The summed E-state index contributed by atoms with van der Waals surface area (Å²) in [5.74, 6) is -0.966. The normalized spacial score (nSPS) is 22.1. The van der Waals surface area contributed by atoms with Crippen LogP contribution in [-0.4, -0.2) is 77.6 Å². The molecule has 2 heterocycles. The zero-order valence-corrected chi connectivity index (χ0v) is 16.4. The van der Waals surface area contributed by atoms with Gasteiger partial charge in [-0.2, -0.15) is 13.5 Å². The topological polar surface area (TPSA) is 178 Å². The van der Waals surface area contributed by atoms with Gasteiger partial charge in [0.05, 0.1) is 12.1 Å². The maximum atomic E-state index is 12.3. The van der Waals surface area contributed by atoms with Gasteiger partial charge in [-0.05, 0) is 33.6 Å². The zero-order chi connectivity index (χ0) is 21.3. The molecule has 158 valence electrons. The molecule has 0 saturated carbocycles. The number of hydrogen-bond donors (Lipinski definition) is 4. The van der Waals surface area contributed by atoms with Crippen molar-refractivity contribution in [3.63, 3.8) is 0 Å². The second-order valence-corrected chi connectivity index (χ2v) is 8.33. The van der Waals surface area contributed by atoms with Crippen molar-refractivity contribution >= 4 is 34.3 Å². The van der Waals surface area contributed by atoms with Gasteiger partial charge in [-0.1, -0.05) is 0 Å². The van der Waals surface area contributed by atoms with Gasteiger partial charge in [0.1, 0.15) is 18.0 Å². The summed E-state index contributed by atoms with van der Waals surface area (Å²) in [5, 5.41) is 13.1. The summed E-state index contributed by atoms with van der Waals surface area (Å²) in [6.45, 7) is 4.65. The molecule has 4 N–H and O–H groups in total. The number of urea groups is 1. The number of hydrogen-bond acceptors (Lipinski definition) is 8. The van der Waals surface area contributed by atoms with Crippen molar-refractivity contribution in [2.45, 2.75) is 51.3 Å². The Morgan fingerprint density at radius 3 is 2.54 bits per heavy atom. The Balaban J connectivity index is 1.89. The number of carbonyl (C=O) groups is 3. The first-order valence-electron chi connectivity index (χ1n) is 8.39. The van der Waals surface area contributed by atoms with Gasteiger partial charge in [0.25, 0.3) is 0 Å². The van der Waals surface area contributed by atoms with Gasteiger partial charge in [0, 0.05) is 6.54 Å². The summed E-state index contributed by atoms with van der Waals surface area (Å²) < 4.78 is 39.8. The first-order valence-corrected chi connectivity index (χ1v) is 9.75. The first kappa shape index (κ1) is 21.8. The van der Waals surface area contributed by atoms with Crippen molar-refractivity contribution in [3.8, 4) is 0 Å². The average Bonchev–Trinajstić information content (AvgIpc) is 2.75. The lowest BCUT2D eigenvalue weighted by Gasteiger charge is -2.30. The van der Waals surface area contributed by atoms with Gasteiger partial charge < -0.3 is 20.3 Å². The van der Waals surface area contributed by atoms with Crippen LogP contribution in [0.1, 0.15) is 33.6 Å². The Labute approximate surface area is 161 Å². The minimum atomic E-state index is -4.86. The molecule has 2 aliphatic heterocycles. The summed E-state index contributed by atoms with van der Waals surface area (Å²) in [5.41, 5.74) is -0.724. The Morgan fingerprint density at radius 1 is 1.32 bits per heavy atom. The van der Waals surface area contributed by atoms with Crippen LogP contribution in [0.3, 0.4) is 0 Å². The fourth-order valence-electron chi connectivity index (χ4n) is 2.88. The van der Waals surface area contributed by atoms with Crippen LogP contribution in [0.5, 0.6) is 0 Å². The molecule has 0 spiro atoms. The van der Waals surface area contributed by atoms with Crippen molar-refractivity contribution < 1.29 is 36.4 Å². The van der Waals surface area contributed by atoms with E-state index in [4.69, 9.17) is 14.7 Å². The quantitative estimate of drug-likeness (QED) is 0.263. The Morgan fingerprint density at radius 2 is 1.96 bits per heavy atom. The maximum Gasteiger partial charge on any atom is 0.418 e. The molecule has 2 saturated heterocycles. The van der Waals surface area contributed by atoms with E-state index in [0.29, 0.717) is 11.5 Å². The van der Waals surface area contributed by atoms with Gasteiger partial charge in [0.15, 0.2) is 0 Å². The van der Waals surface area contributed by atoms with E-state index in [9.17, 15) is 22.8 Å². The number of nitrogens with one attached hydrogen (secondary N) is 3. The van der Waals surface area contributed by atoms with Crippen molar-refractivity contribution in [3.05, 3.63) is 0 Å². The molecule has 0 aromatic heterocycles. The molecule has 2 atom stereocenters. The predicted octanol–water partition coefficient (Wildman–Crippen LogP) is -0.392. The van der Waals surface area contributed by atoms with Crippen LogP contribution in [-0.2, 0) is 24.2 Å². The fourth-order valence-corrected chi connectivity index (χ4v) is 3.26. The second-order valence-electron chi connectivity index (χ2n) is 7.33. The highest BCUT2D eigenvalue weighted by Gasteiger charge is 2.48.